The van der Waals surface area contributed by atoms with Crippen LogP contribution in [-0.2, 0) is 9.53 Å². The Balaban J connectivity index is 1.56. The van der Waals surface area contributed by atoms with E-state index in [2.05, 4.69) is 0 Å². The molecule has 1 atom stereocenters. The number of hydrogen-bond acceptors (Lipinski definition) is 5. The highest BCUT2D eigenvalue weighted by molar-refractivity contribution is 5.93. The molecule has 0 N–H and O–H groups in total. The summed E-state index contributed by atoms with van der Waals surface area (Å²) in [4.78, 5) is 27.7. The zero-order valence-corrected chi connectivity index (χ0v) is 15.6. The van der Waals surface area contributed by atoms with E-state index in [1.54, 1.807) is 23.1 Å². The van der Waals surface area contributed by atoms with Crippen LogP contribution >= 0.6 is 0 Å². The largest absolute Gasteiger partial charge is 0.486 e. The van der Waals surface area contributed by atoms with Gasteiger partial charge in [0.1, 0.15) is 13.2 Å². The number of piperidine rings is 1. The highest BCUT2D eigenvalue weighted by Crippen LogP contribution is 2.32. The number of rotatable bonds is 4. The third-order valence-electron chi connectivity index (χ3n) is 5.00. The molecule has 1 saturated heterocycles. The van der Waals surface area contributed by atoms with Crippen LogP contribution in [0.5, 0.6) is 11.5 Å². The average Bonchev–Trinajstić information content (AvgIpc) is 2.77. The quantitative estimate of drug-likeness (QED) is 0.760. The van der Waals surface area contributed by atoms with Gasteiger partial charge in [-0.05, 0) is 37.5 Å². The first-order valence-corrected chi connectivity index (χ1v) is 9.67. The summed E-state index contributed by atoms with van der Waals surface area (Å²) in [5.74, 6) is 0.388. The molecule has 0 radical (unpaired) electrons. The molecule has 0 unspecified atom stereocenters. The lowest BCUT2D eigenvalue weighted by molar-refractivity contribution is -0.142. The third-order valence-corrected chi connectivity index (χ3v) is 5.00. The number of likely N-dealkylation sites (tertiary alicyclic amines) is 1. The van der Waals surface area contributed by atoms with Crippen molar-refractivity contribution in [2.45, 2.75) is 25.4 Å². The molecule has 6 heteroatoms. The number of carbonyl (C=O) groups excluding carboxylic acids is 2. The number of fused-ring (bicyclic) bond motifs is 1. The molecule has 0 spiro atoms. The molecule has 0 saturated carbocycles. The van der Waals surface area contributed by atoms with Crippen molar-refractivity contribution < 1.29 is 23.8 Å². The molecular weight excluding hydrogens is 358 g/mol. The zero-order chi connectivity index (χ0) is 19.3. The van der Waals surface area contributed by atoms with Crippen molar-refractivity contribution in [3.8, 4) is 11.5 Å². The van der Waals surface area contributed by atoms with Crippen LogP contribution in [0.1, 0.15) is 41.3 Å². The van der Waals surface area contributed by atoms with Gasteiger partial charge in [-0.25, -0.2) is 4.79 Å². The number of nitrogens with zero attached hydrogens (tertiary/aromatic N) is 1. The molecule has 2 aromatic carbocycles. The Hall–Kier alpha value is -3.02. The fraction of sp³-hybridized carbons (Fsp3) is 0.364. The standard InChI is InChI=1S/C22H23NO5/c24-21(23-11-5-2-6-12-23)20(16-7-3-1-4-8-16)28-22(25)17-9-10-18-19(15-17)27-14-13-26-18/h1,3-4,7-10,15,20H,2,5-6,11-14H2/t20-/m0/s1. The van der Waals surface area contributed by atoms with Gasteiger partial charge in [0.25, 0.3) is 5.91 Å². The molecule has 1 amide bonds. The summed E-state index contributed by atoms with van der Waals surface area (Å²) in [5.41, 5.74) is 1.00. The smallest absolute Gasteiger partial charge is 0.339 e. The van der Waals surface area contributed by atoms with E-state index in [4.69, 9.17) is 14.2 Å². The van der Waals surface area contributed by atoms with Crippen LogP contribution in [0, 0.1) is 0 Å². The summed E-state index contributed by atoms with van der Waals surface area (Å²) in [5, 5.41) is 0. The topological polar surface area (TPSA) is 65.1 Å². The van der Waals surface area contributed by atoms with E-state index in [0.717, 1.165) is 19.3 Å². The molecule has 2 aromatic rings. The zero-order valence-electron chi connectivity index (χ0n) is 15.6. The van der Waals surface area contributed by atoms with Crippen molar-refractivity contribution in [3.63, 3.8) is 0 Å². The Morgan fingerprint density at radius 3 is 2.36 bits per heavy atom. The van der Waals surface area contributed by atoms with Gasteiger partial charge in [-0.2, -0.15) is 0 Å². The summed E-state index contributed by atoms with van der Waals surface area (Å²) in [6.45, 7) is 2.32. The number of hydrogen-bond donors (Lipinski definition) is 0. The SMILES string of the molecule is O=C(O[C@H](C(=O)N1CCCCC1)c1ccccc1)c1ccc2c(c1)OCCO2. The summed E-state index contributed by atoms with van der Waals surface area (Å²) < 4.78 is 16.7. The van der Waals surface area contributed by atoms with Crippen molar-refractivity contribution in [3.05, 3.63) is 59.7 Å². The lowest BCUT2D eigenvalue weighted by Crippen LogP contribution is -2.40. The lowest BCUT2D eigenvalue weighted by Gasteiger charge is -2.30. The fourth-order valence-electron chi connectivity index (χ4n) is 3.51. The molecule has 28 heavy (non-hydrogen) atoms. The van der Waals surface area contributed by atoms with Gasteiger partial charge in [0, 0.05) is 18.7 Å². The van der Waals surface area contributed by atoms with Crippen molar-refractivity contribution >= 4 is 11.9 Å². The second-order valence-corrected chi connectivity index (χ2v) is 6.94. The molecule has 2 aliphatic heterocycles. The fourth-order valence-corrected chi connectivity index (χ4v) is 3.51. The van der Waals surface area contributed by atoms with Crippen molar-refractivity contribution in [1.29, 1.82) is 0 Å². The van der Waals surface area contributed by atoms with Crippen LogP contribution in [0.4, 0.5) is 0 Å². The minimum absolute atomic E-state index is 0.170. The minimum atomic E-state index is -0.958. The number of amides is 1. The van der Waals surface area contributed by atoms with E-state index >= 15 is 0 Å². The lowest BCUT2D eigenvalue weighted by atomic mass is 10.1. The van der Waals surface area contributed by atoms with E-state index < -0.39 is 12.1 Å². The van der Waals surface area contributed by atoms with Gasteiger partial charge in [-0.3, -0.25) is 4.79 Å². The van der Waals surface area contributed by atoms with Gasteiger partial charge in [0.05, 0.1) is 5.56 Å². The predicted molar refractivity (Wildman–Crippen MR) is 102 cm³/mol. The third kappa shape index (κ3) is 3.96. The first-order valence-electron chi connectivity index (χ1n) is 9.67. The van der Waals surface area contributed by atoms with E-state index in [0.29, 0.717) is 48.9 Å². The molecule has 0 aliphatic carbocycles. The van der Waals surface area contributed by atoms with E-state index in [9.17, 15) is 9.59 Å². The summed E-state index contributed by atoms with van der Waals surface area (Å²) in [7, 11) is 0. The molecule has 2 aliphatic rings. The highest BCUT2D eigenvalue weighted by Gasteiger charge is 2.31. The van der Waals surface area contributed by atoms with Gasteiger partial charge >= 0.3 is 5.97 Å². The van der Waals surface area contributed by atoms with E-state index in [1.807, 2.05) is 30.3 Å². The highest BCUT2D eigenvalue weighted by atomic mass is 16.6. The van der Waals surface area contributed by atoms with E-state index in [1.165, 1.54) is 0 Å². The van der Waals surface area contributed by atoms with Gasteiger partial charge in [-0.1, -0.05) is 30.3 Å². The minimum Gasteiger partial charge on any atom is -0.486 e. The molecule has 0 aromatic heterocycles. The molecule has 4 rings (SSSR count). The molecule has 1 fully saturated rings. The summed E-state index contributed by atoms with van der Waals surface area (Å²) in [6.07, 6.45) is 2.11. The first kappa shape index (κ1) is 18.3. The molecular formula is C22H23NO5. The second kappa shape index (κ2) is 8.33. The monoisotopic (exact) mass is 381 g/mol. The van der Waals surface area contributed by atoms with Crippen LogP contribution in [-0.4, -0.2) is 43.1 Å². The molecule has 146 valence electrons. The van der Waals surface area contributed by atoms with Crippen molar-refractivity contribution in [1.82, 2.24) is 4.90 Å². The Labute approximate surface area is 164 Å². The molecule has 6 nitrogen and oxygen atoms in total. The predicted octanol–water partition coefficient (Wildman–Crippen LogP) is 3.37. The Kier molecular flexibility index (Phi) is 5.46. The summed E-state index contributed by atoms with van der Waals surface area (Å²) >= 11 is 0. The number of esters is 1. The molecule has 0 bridgehead atoms. The van der Waals surface area contributed by atoms with Crippen molar-refractivity contribution in [2.75, 3.05) is 26.3 Å². The van der Waals surface area contributed by atoms with Crippen LogP contribution < -0.4 is 9.47 Å². The maximum atomic E-state index is 13.1. The average molecular weight is 381 g/mol. The first-order chi connectivity index (χ1) is 13.7. The van der Waals surface area contributed by atoms with Crippen LogP contribution in [0.15, 0.2) is 48.5 Å². The Bertz CT molecular complexity index is 845. The van der Waals surface area contributed by atoms with E-state index in [-0.39, 0.29) is 5.91 Å². The van der Waals surface area contributed by atoms with Gasteiger partial charge in [0.2, 0.25) is 6.10 Å². The number of ether oxygens (including phenoxy) is 3. The van der Waals surface area contributed by atoms with Gasteiger partial charge in [-0.15, -0.1) is 0 Å². The second-order valence-electron chi connectivity index (χ2n) is 6.94. The molecule has 2 heterocycles. The number of benzene rings is 2. The van der Waals surface area contributed by atoms with Crippen LogP contribution in [0.25, 0.3) is 0 Å². The maximum Gasteiger partial charge on any atom is 0.339 e. The maximum absolute atomic E-state index is 13.1. The normalized spacial score (nSPS) is 16.9. The van der Waals surface area contributed by atoms with Gasteiger partial charge < -0.3 is 19.1 Å². The Morgan fingerprint density at radius 2 is 1.61 bits per heavy atom. The summed E-state index contributed by atoms with van der Waals surface area (Å²) in [6, 6.07) is 14.1. The van der Waals surface area contributed by atoms with Crippen LogP contribution in [0.3, 0.4) is 0 Å². The number of carbonyl (C=O) groups is 2. The van der Waals surface area contributed by atoms with Gasteiger partial charge in [0.15, 0.2) is 11.5 Å². The van der Waals surface area contributed by atoms with Crippen LogP contribution in [0.2, 0.25) is 0 Å². The van der Waals surface area contributed by atoms with Crippen molar-refractivity contribution in [2.24, 2.45) is 0 Å². The Morgan fingerprint density at radius 1 is 0.893 bits per heavy atom.